The van der Waals surface area contributed by atoms with E-state index >= 15 is 0 Å². The smallest absolute Gasteiger partial charge is 0.102 e. The number of hydrogen-bond donors (Lipinski definition) is 5. The second kappa shape index (κ2) is 6.91. The first-order valence-corrected chi connectivity index (χ1v) is 12.0. The highest BCUT2D eigenvalue weighted by Crippen LogP contribution is 2.69. The summed E-state index contributed by atoms with van der Waals surface area (Å²) in [4.78, 5) is 4.67. The average molecular weight is 405 g/mol. The monoisotopic (exact) mass is 404 g/mol. The zero-order valence-corrected chi connectivity index (χ0v) is 18.2. The van der Waals surface area contributed by atoms with Crippen LogP contribution in [-0.2, 0) is 0 Å². The van der Waals surface area contributed by atoms with Crippen molar-refractivity contribution < 1.29 is 10.2 Å². The molecule has 9 atom stereocenters. The Kier molecular flexibility index (Phi) is 4.82. The molecule has 29 heavy (non-hydrogen) atoms. The molecule has 1 aliphatic heterocycles. The first kappa shape index (κ1) is 20.2. The molecule has 164 valence electrons. The lowest BCUT2D eigenvalue weighted by molar-refractivity contribution is -0.212. The Bertz CT molecular complexity index is 686. The predicted octanol–water partition coefficient (Wildman–Crippen LogP) is 1.81. The Morgan fingerprint density at radius 2 is 2.00 bits per heavy atom. The van der Waals surface area contributed by atoms with Crippen molar-refractivity contribution in [3.05, 3.63) is 0 Å². The van der Waals surface area contributed by atoms with Crippen LogP contribution < -0.4 is 16.6 Å². The Labute approximate surface area is 175 Å². The van der Waals surface area contributed by atoms with E-state index in [1.165, 1.54) is 6.42 Å². The lowest BCUT2D eigenvalue weighted by Crippen LogP contribution is -2.63. The maximum absolute atomic E-state index is 12.1. The summed E-state index contributed by atoms with van der Waals surface area (Å²) in [6.07, 6.45) is 8.13. The molecule has 0 aromatic heterocycles. The molecule has 6 N–H and O–H groups in total. The first-order valence-electron chi connectivity index (χ1n) is 12.0. The number of aliphatic hydroxyl groups excluding tert-OH is 1. The lowest BCUT2D eigenvalue weighted by atomic mass is 9.42. The van der Waals surface area contributed by atoms with Crippen LogP contribution in [0.1, 0.15) is 65.2 Å². The number of nitrogens with two attached hydrogens (primary N) is 1. The van der Waals surface area contributed by atoms with E-state index in [2.05, 4.69) is 29.6 Å². The van der Waals surface area contributed by atoms with Crippen molar-refractivity contribution in [2.45, 2.75) is 76.9 Å². The molecule has 1 heterocycles. The molecule has 0 radical (unpaired) electrons. The van der Waals surface area contributed by atoms with Crippen molar-refractivity contribution in [2.24, 2.45) is 51.3 Å². The quantitative estimate of drug-likeness (QED) is 0.365. The fraction of sp³-hybridized carbons (Fsp3) is 0.957. The minimum absolute atomic E-state index is 0.0333. The van der Waals surface area contributed by atoms with Gasteiger partial charge in [-0.05, 0) is 80.5 Å². The molecule has 4 unspecified atom stereocenters. The highest BCUT2D eigenvalue weighted by molar-refractivity contribution is 5.86. The van der Waals surface area contributed by atoms with Crippen molar-refractivity contribution >= 4 is 5.84 Å². The maximum atomic E-state index is 12.1. The van der Waals surface area contributed by atoms with Gasteiger partial charge in [-0.15, -0.1) is 0 Å². The van der Waals surface area contributed by atoms with Gasteiger partial charge in [0.25, 0.3) is 0 Å². The third-order valence-electron chi connectivity index (χ3n) is 10.5. The zero-order valence-electron chi connectivity index (χ0n) is 18.2. The van der Waals surface area contributed by atoms with Crippen LogP contribution in [0.25, 0.3) is 0 Å². The van der Waals surface area contributed by atoms with Crippen molar-refractivity contribution in [3.8, 4) is 0 Å². The van der Waals surface area contributed by atoms with Crippen LogP contribution in [0.5, 0.6) is 0 Å². The van der Waals surface area contributed by atoms with Crippen LogP contribution in [-0.4, -0.2) is 47.4 Å². The van der Waals surface area contributed by atoms with Gasteiger partial charge in [-0.3, -0.25) is 16.3 Å². The molecule has 5 rings (SSSR count). The molecule has 4 fully saturated rings. The van der Waals surface area contributed by atoms with Crippen LogP contribution in [0, 0.1) is 40.4 Å². The predicted molar refractivity (Wildman–Crippen MR) is 114 cm³/mol. The van der Waals surface area contributed by atoms with E-state index < -0.39 is 5.60 Å². The SMILES string of the molecule is C[C@]12CC(C3=NCCN3)C(O)CC1CC[C@@H]1[C@H]2CC[C@]2(C)C(CNN)CC[C@@]12O. The second-order valence-corrected chi connectivity index (χ2v) is 11.3. The number of aliphatic hydroxyl groups is 2. The molecule has 0 amide bonds. The summed E-state index contributed by atoms with van der Waals surface area (Å²) < 4.78 is 0. The van der Waals surface area contributed by atoms with Crippen LogP contribution in [0.4, 0.5) is 0 Å². The largest absolute Gasteiger partial charge is 0.392 e. The van der Waals surface area contributed by atoms with Gasteiger partial charge in [0.2, 0.25) is 0 Å². The number of hydrogen-bond acceptors (Lipinski definition) is 6. The third kappa shape index (κ3) is 2.71. The van der Waals surface area contributed by atoms with E-state index in [9.17, 15) is 10.2 Å². The lowest BCUT2D eigenvalue weighted by Gasteiger charge is -2.64. The number of hydrazine groups is 1. The van der Waals surface area contributed by atoms with Crippen LogP contribution in [0.15, 0.2) is 4.99 Å². The summed E-state index contributed by atoms with van der Waals surface area (Å²) in [5, 5.41) is 26.5. The molecule has 0 aromatic carbocycles. The molecule has 4 saturated carbocycles. The van der Waals surface area contributed by atoms with Crippen molar-refractivity contribution in [2.75, 3.05) is 19.6 Å². The third-order valence-corrected chi connectivity index (χ3v) is 10.5. The number of nitrogens with one attached hydrogen (secondary N) is 2. The summed E-state index contributed by atoms with van der Waals surface area (Å²) in [5.74, 6) is 8.80. The molecule has 0 saturated heterocycles. The maximum Gasteiger partial charge on any atom is 0.102 e. The van der Waals surface area contributed by atoms with Gasteiger partial charge < -0.3 is 15.5 Å². The summed E-state index contributed by atoms with van der Waals surface area (Å²) >= 11 is 0. The fourth-order valence-electron chi connectivity index (χ4n) is 8.80. The molecular weight excluding hydrogens is 364 g/mol. The van der Waals surface area contributed by atoms with Gasteiger partial charge in [-0.25, -0.2) is 0 Å². The van der Waals surface area contributed by atoms with Crippen molar-refractivity contribution in [1.29, 1.82) is 0 Å². The minimum Gasteiger partial charge on any atom is -0.392 e. The number of nitrogens with zero attached hydrogens (tertiary/aromatic N) is 1. The van der Waals surface area contributed by atoms with Crippen LogP contribution in [0.2, 0.25) is 0 Å². The minimum atomic E-state index is -0.569. The van der Waals surface area contributed by atoms with E-state index in [1.807, 2.05) is 0 Å². The summed E-state index contributed by atoms with van der Waals surface area (Å²) in [6, 6.07) is 0. The van der Waals surface area contributed by atoms with Gasteiger partial charge in [0.15, 0.2) is 0 Å². The molecule has 0 spiro atoms. The first-order chi connectivity index (χ1) is 13.8. The Morgan fingerprint density at radius 1 is 1.17 bits per heavy atom. The zero-order chi connectivity index (χ0) is 20.4. The molecule has 6 nitrogen and oxygen atoms in total. The van der Waals surface area contributed by atoms with Crippen LogP contribution in [0.3, 0.4) is 0 Å². The Morgan fingerprint density at radius 3 is 2.72 bits per heavy atom. The highest BCUT2D eigenvalue weighted by Gasteiger charge is 2.67. The standard InChI is InChI=1S/C23H40N4O2/c1-21-12-16(20-25-9-10-26-20)19(28)11-14(21)3-4-18-17(21)6-7-22(2)15(13-27-24)5-8-23(18,22)29/h14-19,27-29H,3-13,24H2,1-2H3,(H,25,26)/t14?,15?,16?,17-,18-,19?,21+,22-,23-/m1/s1. The number of rotatable bonds is 3. The van der Waals surface area contributed by atoms with Crippen LogP contribution >= 0.6 is 0 Å². The molecule has 0 bridgehead atoms. The number of fused-ring (bicyclic) bond motifs is 5. The van der Waals surface area contributed by atoms with E-state index in [0.717, 1.165) is 70.4 Å². The summed E-state index contributed by atoms with van der Waals surface area (Å²) in [5.41, 5.74) is 2.47. The Balaban J connectivity index is 1.45. The topological polar surface area (TPSA) is 103 Å². The summed E-state index contributed by atoms with van der Waals surface area (Å²) in [6.45, 7) is 7.34. The van der Waals surface area contributed by atoms with Gasteiger partial charge in [-0.1, -0.05) is 13.8 Å². The van der Waals surface area contributed by atoms with E-state index in [4.69, 9.17) is 5.84 Å². The molecule has 0 aromatic rings. The average Bonchev–Trinajstić information content (AvgIpc) is 3.30. The van der Waals surface area contributed by atoms with Crippen molar-refractivity contribution in [1.82, 2.24) is 10.7 Å². The van der Waals surface area contributed by atoms with Gasteiger partial charge >= 0.3 is 0 Å². The number of aliphatic imine (C=N–C) groups is 1. The van der Waals surface area contributed by atoms with E-state index in [1.54, 1.807) is 0 Å². The molecule has 5 aliphatic rings. The van der Waals surface area contributed by atoms with Gasteiger partial charge in [0, 0.05) is 24.4 Å². The van der Waals surface area contributed by atoms with Gasteiger partial charge in [0.05, 0.1) is 18.2 Å². The normalized spacial score (nSPS) is 54.2. The second-order valence-electron chi connectivity index (χ2n) is 11.3. The van der Waals surface area contributed by atoms with Gasteiger partial charge in [0.1, 0.15) is 5.84 Å². The highest BCUT2D eigenvalue weighted by atomic mass is 16.3. The van der Waals surface area contributed by atoms with E-state index in [0.29, 0.717) is 23.7 Å². The molecular formula is C23H40N4O2. The van der Waals surface area contributed by atoms with E-state index in [-0.39, 0.29) is 22.9 Å². The summed E-state index contributed by atoms with van der Waals surface area (Å²) in [7, 11) is 0. The molecule has 6 heteroatoms. The van der Waals surface area contributed by atoms with Gasteiger partial charge in [-0.2, -0.15) is 0 Å². The van der Waals surface area contributed by atoms with Crippen molar-refractivity contribution in [3.63, 3.8) is 0 Å². The Hall–Kier alpha value is -0.690. The fourth-order valence-corrected chi connectivity index (χ4v) is 8.80. The number of amidine groups is 1. The molecule has 4 aliphatic carbocycles.